The van der Waals surface area contributed by atoms with E-state index in [2.05, 4.69) is 0 Å². The van der Waals surface area contributed by atoms with Gasteiger partial charge in [0.1, 0.15) is 6.35 Å². The molecule has 0 saturated carbocycles. The third-order valence-electron chi connectivity index (χ3n) is 3.47. The molecule has 0 spiro atoms. The highest BCUT2D eigenvalue weighted by Crippen LogP contribution is 2.60. The average molecular weight is 394 g/mol. The molecule has 0 aromatic heterocycles. The molecule has 0 aliphatic carbocycles. The molecule has 0 N–H and O–H groups in total. The molecule has 0 saturated heterocycles. The minimum absolute atomic E-state index is 0.0179. The van der Waals surface area contributed by atoms with Gasteiger partial charge >= 0.3 is 0 Å². The monoisotopic (exact) mass is 394 g/mol. The Balaban J connectivity index is 3.07. The van der Waals surface area contributed by atoms with E-state index in [1.807, 2.05) is 6.92 Å². The Labute approximate surface area is 150 Å². The highest BCUT2D eigenvalue weighted by atomic mass is 32.2. The summed E-state index contributed by atoms with van der Waals surface area (Å²) >= 11 is 0. The van der Waals surface area contributed by atoms with Gasteiger partial charge < -0.3 is 14.0 Å². The molecule has 0 aliphatic heterocycles. The van der Waals surface area contributed by atoms with Crippen LogP contribution >= 0.6 is 7.37 Å². The van der Waals surface area contributed by atoms with E-state index in [1.165, 1.54) is 19.1 Å². The van der Waals surface area contributed by atoms with Crippen molar-refractivity contribution in [2.24, 2.45) is 0 Å². The Morgan fingerprint density at radius 1 is 1.00 bits per heavy atom. The Bertz CT molecular complexity index is 679. The van der Waals surface area contributed by atoms with Crippen LogP contribution in [0.2, 0.25) is 0 Å². The zero-order valence-corrected chi connectivity index (χ0v) is 17.1. The van der Waals surface area contributed by atoms with Gasteiger partial charge in [0.15, 0.2) is 0 Å². The van der Waals surface area contributed by atoms with Crippen LogP contribution in [0.1, 0.15) is 33.3 Å². The summed E-state index contributed by atoms with van der Waals surface area (Å²) in [5.41, 5.74) is -0.672. The molecule has 1 aromatic rings. The quantitative estimate of drug-likeness (QED) is 0.321. The molecule has 0 bridgehead atoms. The molecular weight excluding hydrogens is 367 g/mol. The minimum atomic E-state index is -4.08. The van der Waals surface area contributed by atoms with E-state index in [-0.39, 0.29) is 24.7 Å². The van der Waals surface area contributed by atoms with Crippen LogP contribution in [0.4, 0.5) is 0 Å². The van der Waals surface area contributed by atoms with E-state index < -0.39 is 29.4 Å². The van der Waals surface area contributed by atoms with Crippen molar-refractivity contribution >= 4 is 17.5 Å². The van der Waals surface area contributed by atoms with E-state index in [0.717, 1.165) is 5.56 Å². The van der Waals surface area contributed by atoms with Crippen LogP contribution in [0.5, 0.6) is 0 Å². The zero-order valence-electron chi connectivity index (χ0n) is 15.4. The molecule has 1 aromatic carbocycles. The van der Waals surface area contributed by atoms with Gasteiger partial charge in [-0.05, 0) is 46.8 Å². The predicted molar refractivity (Wildman–Crippen MR) is 95.2 cm³/mol. The first-order chi connectivity index (χ1) is 11.6. The molecule has 0 heterocycles. The second-order valence-corrected chi connectivity index (χ2v) is 9.66. The van der Waals surface area contributed by atoms with Crippen LogP contribution < -0.4 is 0 Å². The summed E-state index contributed by atoms with van der Waals surface area (Å²) in [6.07, 6.45) is -0.673. The Hall–Kier alpha value is -0.760. The zero-order chi connectivity index (χ0) is 19.1. The molecule has 9 heteroatoms. The number of aryl methyl sites for hydroxylation is 1. The summed E-state index contributed by atoms with van der Waals surface area (Å²) in [6.45, 7) is 8.94. The van der Waals surface area contributed by atoms with Crippen molar-refractivity contribution in [1.29, 1.82) is 0 Å². The summed E-state index contributed by atoms with van der Waals surface area (Å²) < 4.78 is 59.4. The lowest BCUT2D eigenvalue weighted by molar-refractivity contribution is -0.168. The van der Waals surface area contributed by atoms with Crippen molar-refractivity contribution in [2.75, 3.05) is 26.2 Å². The number of ether oxygens (including phenoxy) is 2. The first-order valence-corrected chi connectivity index (χ1v) is 11.3. The van der Waals surface area contributed by atoms with Crippen LogP contribution in [0, 0.1) is 6.92 Å². The highest BCUT2D eigenvalue weighted by Gasteiger charge is 2.49. The van der Waals surface area contributed by atoms with Crippen molar-refractivity contribution < 1.29 is 31.2 Å². The number of rotatable bonds is 11. The maximum absolute atomic E-state index is 13.3. The number of benzene rings is 1. The summed E-state index contributed by atoms with van der Waals surface area (Å²) in [5.74, 6) is 0. The average Bonchev–Trinajstić information content (AvgIpc) is 2.54. The van der Waals surface area contributed by atoms with E-state index in [0.29, 0.717) is 0 Å². The molecule has 25 heavy (non-hydrogen) atoms. The smallest absolute Gasteiger partial charge is 0.297 e. The van der Waals surface area contributed by atoms with Crippen LogP contribution in [0.15, 0.2) is 29.2 Å². The van der Waals surface area contributed by atoms with Gasteiger partial charge in [0, 0.05) is 13.2 Å². The number of hydrogen-bond acceptors (Lipinski definition) is 7. The van der Waals surface area contributed by atoms with E-state index in [9.17, 15) is 13.0 Å². The minimum Gasteiger partial charge on any atom is -0.342 e. The molecule has 144 valence electrons. The lowest BCUT2D eigenvalue weighted by atomic mass is 10.2. The van der Waals surface area contributed by atoms with Crippen molar-refractivity contribution in [3.05, 3.63) is 29.8 Å². The van der Waals surface area contributed by atoms with Gasteiger partial charge in [-0.25, -0.2) is 0 Å². The summed E-state index contributed by atoms with van der Waals surface area (Å²) in [7, 11) is -7.83. The molecule has 1 rings (SSSR count). The lowest BCUT2D eigenvalue weighted by Crippen LogP contribution is -2.35. The molecule has 0 aliphatic rings. The van der Waals surface area contributed by atoms with Crippen LogP contribution in [0.25, 0.3) is 0 Å². The molecule has 0 fully saturated rings. The Morgan fingerprint density at radius 2 is 1.52 bits per heavy atom. The molecule has 0 amide bonds. The van der Waals surface area contributed by atoms with Crippen LogP contribution in [0.3, 0.4) is 0 Å². The number of hydrogen-bond donors (Lipinski definition) is 0. The largest absolute Gasteiger partial charge is 0.342 e. The Morgan fingerprint density at radius 3 is 1.96 bits per heavy atom. The van der Waals surface area contributed by atoms with Gasteiger partial charge in [0.25, 0.3) is 17.5 Å². The van der Waals surface area contributed by atoms with Gasteiger partial charge in [0.05, 0.1) is 11.5 Å². The fourth-order valence-electron chi connectivity index (χ4n) is 2.17. The first kappa shape index (κ1) is 22.3. The first-order valence-electron chi connectivity index (χ1n) is 8.11. The van der Waals surface area contributed by atoms with Crippen LogP contribution in [-0.4, -0.2) is 40.1 Å². The van der Waals surface area contributed by atoms with Gasteiger partial charge in [-0.1, -0.05) is 17.7 Å². The van der Waals surface area contributed by atoms with E-state index >= 15 is 0 Å². The lowest BCUT2D eigenvalue weighted by Gasteiger charge is -2.35. The second-order valence-electron chi connectivity index (χ2n) is 5.37. The topological polar surface area (TPSA) is 88.1 Å². The third kappa shape index (κ3) is 5.61. The highest BCUT2D eigenvalue weighted by molar-refractivity contribution is 7.87. The second kappa shape index (κ2) is 9.26. The molecular formula is C16H27O7PS. The fraction of sp³-hybridized carbons (Fsp3) is 0.625. The predicted octanol–water partition coefficient (Wildman–Crippen LogP) is 3.72. The molecule has 1 atom stereocenters. The van der Waals surface area contributed by atoms with E-state index in [1.54, 1.807) is 32.9 Å². The fourth-order valence-corrected chi connectivity index (χ4v) is 5.49. The third-order valence-corrected chi connectivity index (χ3v) is 7.56. The van der Waals surface area contributed by atoms with Gasteiger partial charge in [0.2, 0.25) is 5.53 Å². The molecule has 0 radical (unpaired) electrons. The van der Waals surface area contributed by atoms with Gasteiger partial charge in [-0.2, -0.15) is 8.42 Å². The van der Waals surface area contributed by atoms with Gasteiger partial charge in [-0.3, -0.25) is 8.75 Å². The maximum atomic E-state index is 13.3. The molecule has 7 nitrogen and oxygen atoms in total. The van der Waals surface area contributed by atoms with Crippen molar-refractivity contribution in [3.8, 4) is 0 Å². The van der Waals surface area contributed by atoms with Gasteiger partial charge in [-0.15, -0.1) is 0 Å². The van der Waals surface area contributed by atoms with E-state index in [4.69, 9.17) is 18.2 Å². The summed E-state index contributed by atoms with van der Waals surface area (Å²) in [6, 6.07) is 6.17. The Kier molecular flexibility index (Phi) is 8.25. The molecule has 1 unspecified atom stereocenters. The van der Waals surface area contributed by atoms with Crippen molar-refractivity contribution in [2.45, 2.75) is 45.0 Å². The SMILES string of the molecule is CCOC(C)(OCC)P(=O)(COS(=O)(=O)c1ccc(C)cc1)OCC. The van der Waals surface area contributed by atoms with Crippen molar-refractivity contribution in [3.63, 3.8) is 0 Å². The summed E-state index contributed by atoms with van der Waals surface area (Å²) in [4.78, 5) is -0.0179. The van der Waals surface area contributed by atoms with Crippen molar-refractivity contribution in [1.82, 2.24) is 0 Å². The van der Waals surface area contributed by atoms with Crippen LogP contribution in [-0.2, 0) is 32.9 Å². The normalized spacial score (nSPS) is 15.1. The standard InChI is InChI=1S/C16H27O7PS/c1-6-20-16(5,21-7-2)24(17,22-8-3)13-23-25(18,19)15-11-9-14(4)10-12-15/h9-12H,6-8,13H2,1-5H3. The maximum Gasteiger partial charge on any atom is 0.297 e. The summed E-state index contributed by atoms with van der Waals surface area (Å²) in [5, 5.41) is 0.